The number of nitrogens with two attached hydrogens (primary N) is 1. The summed E-state index contributed by atoms with van der Waals surface area (Å²) in [6, 6.07) is 3.17. The molecule has 10 N–H and O–H groups in total. The van der Waals surface area contributed by atoms with Crippen LogP contribution in [-0.4, -0.2) is 11.9 Å². The lowest BCUT2D eigenvalue weighted by Gasteiger charge is -2.08. The molecular weight excluding hydrogens is 202 g/mol. The highest BCUT2D eigenvalue weighted by atomic mass is 16.4. The second-order valence-electron chi connectivity index (χ2n) is 2.38. The van der Waals surface area contributed by atoms with Crippen molar-refractivity contribution in [1.29, 1.82) is 0 Å². The molecule has 0 bridgehead atoms. The van der Waals surface area contributed by atoms with Gasteiger partial charge in [-0.05, 0) is 11.6 Å². The van der Waals surface area contributed by atoms with E-state index in [9.17, 15) is 19.8 Å². The highest BCUT2D eigenvalue weighted by Gasteiger charge is 2.01. The number of quaternary nitrogens is 2. The summed E-state index contributed by atoms with van der Waals surface area (Å²) in [5.41, 5.74) is 4.70. The number of aromatic carboxylic acids is 2. The molecule has 0 saturated carbocycles. The third kappa shape index (κ3) is 3.25. The van der Waals surface area contributed by atoms with Crippen molar-refractivity contribution in [3.05, 3.63) is 29.3 Å². The van der Waals surface area contributed by atoms with E-state index >= 15 is 0 Å². The Morgan fingerprint density at radius 2 is 1.60 bits per heavy atom. The summed E-state index contributed by atoms with van der Waals surface area (Å²) in [6.45, 7) is 0. The molecule has 0 fully saturated rings. The Morgan fingerprint density at radius 3 is 1.93 bits per heavy atom. The van der Waals surface area contributed by atoms with Gasteiger partial charge >= 0.3 is 0 Å². The maximum Gasteiger partial charge on any atom is 0.0736 e. The number of carboxylic acid groups (broad SMARTS) is 2. The Balaban J connectivity index is 0. The van der Waals surface area contributed by atoms with E-state index in [0.29, 0.717) is 0 Å². The van der Waals surface area contributed by atoms with Crippen molar-refractivity contribution in [3.8, 4) is 0 Å². The molecule has 0 spiro atoms. The summed E-state index contributed by atoms with van der Waals surface area (Å²) in [6.07, 6.45) is 0. The number of hydrogen-bond acceptors (Lipinski definition) is 5. The van der Waals surface area contributed by atoms with Crippen LogP contribution in [0.5, 0.6) is 0 Å². The fourth-order valence-electron chi connectivity index (χ4n) is 0.876. The highest BCUT2D eigenvalue weighted by molar-refractivity contribution is 5.95. The van der Waals surface area contributed by atoms with Gasteiger partial charge in [-0.3, -0.25) is 0 Å². The Bertz CT molecular complexity index is 378. The van der Waals surface area contributed by atoms with Crippen LogP contribution in [0.15, 0.2) is 18.2 Å². The van der Waals surface area contributed by atoms with Crippen molar-refractivity contribution < 1.29 is 19.8 Å². The fourth-order valence-corrected chi connectivity index (χ4v) is 0.876. The first-order chi connectivity index (χ1) is 6.02. The molecule has 0 radical (unpaired) electrons. The molecule has 15 heavy (non-hydrogen) atoms. The fraction of sp³-hybridized carbons (Fsp3) is 0. The van der Waals surface area contributed by atoms with Crippen LogP contribution in [0.1, 0.15) is 20.7 Å². The van der Waals surface area contributed by atoms with Crippen molar-refractivity contribution in [2.45, 2.75) is 0 Å². The zero-order valence-electron chi connectivity index (χ0n) is 8.44. The van der Waals surface area contributed by atoms with Crippen molar-refractivity contribution in [3.63, 3.8) is 0 Å². The lowest BCUT2D eigenvalue weighted by molar-refractivity contribution is -0.256. The normalized spacial score (nSPS) is 8.27. The summed E-state index contributed by atoms with van der Waals surface area (Å²) in [4.78, 5) is 20.7. The molecule has 1 aromatic carbocycles. The molecule has 7 heteroatoms. The molecule has 0 aliphatic rings. The molecule has 1 rings (SSSR count). The Morgan fingerprint density at radius 1 is 1.07 bits per heavy atom. The molecule has 0 aliphatic carbocycles. The van der Waals surface area contributed by atoms with E-state index in [4.69, 9.17) is 5.73 Å². The summed E-state index contributed by atoms with van der Waals surface area (Å²) < 4.78 is 0. The maximum atomic E-state index is 10.3. The Kier molecular flexibility index (Phi) is 5.71. The number of carboxylic acids is 2. The van der Waals surface area contributed by atoms with Crippen molar-refractivity contribution >= 4 is 17.6 Å². The molecule has 0 atom stereocenters. The van der Waals surface area contributed by atoms with Crippen LogP contribution >= 0.6 is 0 Å². The van der Waals surface area contributed by atoms with Crippen LogP contribution in [0, 0.1) is 0 Å². The van der Waals surface area contributed by atoms with Gasteiger partial charge in [0.05, 0.1) is 11.9 Å². The Hall–Kier alpha value is -2.12. The summed E-state index contributed by atoms with van der Waals surface area (Å²) in [5, 5.41) is 20.7. The topological polar surface area (TPSA) is 179 Å². The van der Waals surface area contributed by atoms with Crippen molar-refractivity contribution in [2.24, 2.45) is 0 Å². The molecule has 0 heterocycles. The van der Waals surface area contributed by atoms with Crippen LogP contribution in [-0.2, 0) is 0 Å². The molecule has 0 aliphatic heterocycles. The highest BCUT2D eigenvalue weighted by Crippen LogP contribution is 2.12. The molecule has 0 unspecified atom stereocenters. The molecule has 1 aromatic rings. The summed E-state index contributed by atoms with van der Waals surface area (Å²) in [5.74, 6) is -2.85. The standard InChI is InChI=1S/C8H7NO4.2H3N/c9-6-3-4(7(10)11)1-2-5(6)8(12)13;;/h1-3H,9H2,(H,10,11)(H,12,13);2*1H3. The largest absolute Gasteiger partial charge is 0.545 e. The smallest absolute Gasteiger partial charge is 0.0736 e. The number of hydrogen-bond donors (Lipinski definition) is 3. The van der Waals surface area contributed by atoms with E-state index in [-0.39, 0.29) is 29.1 Å². The number of carbonyl (C=O) groups excluding carboxylic acids is 2. The molecule has 0 saturated heterocycles. The van der Waals surface area contributed by atoms with Gasteiger partial charge in [0.2, 0.25) is 0 Å². The van der Waals surface area contributed by atoms with Gasteiger partial charge in [0, 0.05) is 11.3 Å². The van der Waals surface area contributed by atoms with Gasteiger partial charge in [-0.15, -0.1) is 0 Å². The molecule has 0 aromatic heterocycles. The quantitative estimate of drug-likeness (QED) is 0.520. The van der Waals surface area contributed by atoms with Gasteiger partial charge in [0.1, 0.15) is 0 Å². The first-order valence-electron chi connectivity index (χ1n) is 3.34. The predicted molar refractivity (Wildman–Crippen MR) is 51.5 cm³/mol. The molecular formula is C8H13N3O4. The number of benzene rings is 1. The molecule has 0 amide bonds. The number of nitrogen functional groups attached to an aromatic ring is 1. The predicted octanol–water partition coefficient (Wildman–Crippen LogP) is -1.25. The monoisotopic (exact) mass is 215 g/mol. The average Bonchev–Trinajstić information content (AvgIpc) is 2.03. The zero-order valence-corrected chi connectivity index (χ0v) is 8.44. The van der Waals surface area contributed by atoms with Crippen LogP contribution in [0.25, 0.3) is 0 Å². The van der Waals surface area contributed by atoms with Gasteiger partial charge in [0.15, 0.2) is 0 Å². The number of carbonyl (C=O) groups is 2. The van der Waals surface area contributed by atoms with Gasteiger partial charge in [0.25, 0.3) is 0 Å². The minimum absolute atomic E-state index is 0. The number of rotatable bonds is 2. The van der Waals surface area contributed by atoms with Crippen LogP contribution < -0.4 is 28.2 Å². The third-order valence-corrected chi connectivity index (χ3v) is 1.51. The molecule has 7 nitrogen and oxygen atoms in total. The first kappa shape index (κ1) is 15.4. The average molecular weight is 215 g/mol. The van der Waals surface area contributed by atoms with E-state index < -0.39 is 11.9 Å². The number of anilines is 1. The minimum atomic E-state index is -1.44. The van der Waals surface area contributed by atoms with Gasteiger partial charge in [-0.1, -0.05) is 12.1 Å². The van der Waals surface area contributed by atoms with Gasteiger partial charge in [-0.2, -0.15) is 0 Å². The van der Waals surface area contributed by atoms with Crippen molar-refractivity contribution in [1.82, 2.24) is 12.3 Å². The van der Waals surface area contributed by atoms with E-state index in [1.807, 2.05) is 0 Å². The minimum Gasteiger partial charge on any atom is -0.545 e. The van der Waals surface area contributed by atoms with Crippen LogP contribution in [0.2, 0.25) is 0 Å². The van der Waals surface area contributed by atoms with E-state index in [0.717, 1.165) is 18.2 Å². The first-order valence-corrected chi connectivity index (χ1v) is 3.34. The lowest BCUT2D eigenvalue weighted by atomic mass is 10.1. The maximum absolute atomic E-state index is 10.3. The third-order valence-electron chi connectivity index (χ3n) is 1.51. The van der Waals surface area contributed by atoms with Gasteiger partial charge < -0.3 is 37.8 Å². The second-order valence-corrected chi connectivity index (χ2v) is 2.38. The second kappa shape index (κ2) is 5.58. The SMILES string of the molecule is Nc1cc(C(=O)[O-])ccc1C(=O)[O-].[NH4+].[NH4+]. The summed E-state index contributed by atoms with van der Waals surface area (Å²) in [7, 11) is 0. The Labute approximate surface area is 85.7 Å². The van der Waals surface area contributed by atoms with Crippen LogP contribution in [0.4, 0.5) is 5.69 Å². The van der Waals surface area contributed by atoms with E-state index in [1.165, 1.54) is 0 Å². The van der Waals surface area contributed by atoms with E-state index in [2.05, 4.69) is 0 Å². The molecule has 84 valence electrons. The van der Waals surface area contributed by atoms with Crippen LogP contribution in [0.3, 0.4) is 0 Å². The summed E-state index contributed by atoms with van der Waals surface area (Å²) >= 11 is 0. The van der Waals surface area contributed by atoms with Gasteiger partial charge in [-0.25, -0.2) is 0 Å². The lowest BCUT2D eigenvalue weighted by Crippen LogP contribution is -2.25. The zero-order chi connectivity index (χ0) is 10.0. The van der Waals surface area contributed by atoms with Crippen molar-refractivity contribution in [2.75, 3.05) is 5.73 Å². The van der Waals surface area contributed by atoms with E-state index in [1.54, 1.807) is 0 Å².